The van der Waals surface area contributed by atoms with E-state index < -0.39 is 0 Å². The highest BCUT2D eigenvalue weighted by Gasteiger charge is 2.20. The number of amides is 2. The summed E-state index contributed by atoms with van der Waals surface area (Å²) in [4.78, 5) is 27.2. The fraction of sp³-hybridized carbons (Fsp3) is 0.200. The molecule has 0 spiro atoms. The third-order valence-corrected chi connectivity index (χ3v) is 5.47. The first kappa shape index (κ1) is 20.0. The molecular formula is C20H19ClN2O4S. The van der Waals surface area contributed by atoms with Gasteiger partial charge in [-0.15, -0.1) is 11.3 Å². The highest BCUT2D eigenvalue weighted by Crippen LogP contribution is 2.29. The summed E-state index contributed by atoms with van der Waals surface area (Å²) in [5, 5.41) is 3.91. The number of carbonyl (C=O) groups excluding carboxylic acids is 2. The Balaban J connectivity index is 1.74. The van der Waals surface area contributed by atoms with Crippen LogP contribution in [0, 0.1) is 6.92 Å². The number of carbonyl (C=O) groups is 2. The van der Waals surface area contributed by atoms with Crippen LogP contribution in [-0.4, -0.2) is 30.9 Å². The average molecular weight is 419 g/mol. The highest BCUT2D eigenvalue weighted by molar-refractivity contribution is 7.18. The van der Waals surface area contributed by atoms with E-state index in [0.29, 0.717) is 27.2 Å². The molecule has 2 aromatic heterocycles. The first-order valence-corrected chi connectivity index (χ1v) is 9.61. The van der Waals surface area contributed by atoms with E-state index in [1.165, 1.54) is 17.6 Å². The summed E-state index contributed by atoms with van der Waals surface area (Å²) in [6.45, 7) is 2.17. The monoisotopic (exact) mass is 418 g/mol. The van der Waals surface area contributed by atoms with Crippen LogP contribution in [0.3, 0.4) is 0 Å². The second-order valence-corrected chi connectivity index (χ2v) is 7.66. The Bertz CT molecular complexity index is 998. The predicted molar refractivity (Wildman–Crippen MR) is 110 cm³/mol. The SMILES string of the molecule is COc1ccc(Cl)cc1CN(C)C(=O)c1sc(NC(=O)c2ccco2)cc1C. The van der Waals surface area contributed by atoms with Gasteiger partial charge in [0.05, 0.1) is 23.3 Å². The second-order valence-electron chi connectivity index (χ2n) is 6.17. The molecule has 0 aliphatic heterocycles. The number of anilines is 1. The topological polar surface area (TPSA) is 71.8 Å². The standard InChI is InChI=1S/C20H19ClN2O4S/c1-12-9-17(22-19(24)16-5-4-8-27-16)28-18(12)20(25)23(2)11-13-10-14(21)6-7-15(13)26-3/h4-10H,11H2,1-3H3,(H,22,24). The van der Waals surface area contributed by atoms with Crippen molar-refractivity contribution in [3.05, 3.63) is 69.4 Å². The first-order chi connectivity index (χ1) is 13.4. The Kier molecular flexibility index (Phi) is 6.06. The van der Waals surface area contributed by atoms with Crippen molar-refractivity contribution in [2.75, 3.05) is 19.5 Å². The van der Waals surface area contributed by atoms with Gasteiger partial charge in [-0.1, -0.05) is 11.6 Å². The van der Waals surface area contributed by atoms with Crippen molar-refractivity contribution in [3.63, 3.8) is 0 Å². The van der Waals surface area contributed by atoms with Crippen molar-refractivity contribution >= 4 is 39.8 Å². The van der Waals surface area contributed by atoms with Crippen molar-refractivity contribution < 1.29 is 18.7 Å². The van der Waals surface area contributed by atoms with Crippen molar-refractivity contribution in [1.82, 2.24) is 4.90 Å². The Hall–Kier alpha value is -2.77. The fourth-order valence-electron chi connectivity index (χ4n) is 2.71. The highest BCUT2D eigenvalue weighted by atomic mass is 35.5. The molecule has 0 saturated carbocycles. The van der Waals surface area contributed by atoms with Gasteiger partial charge in [0.2, 0.25) is 0 Å². The number of furan rings is 1. The van der Waals surface area contributed by atoms with Crippen LogP contribution in [0.25, 0.3) is 0 Å². The molecule has 0 bridgehead atoms. The van der Waals surface area contributed by atoms with Crippen molar-refractivity contribution in [2.24, 2.45) is 0 Å². The van der Waals surface area contributed by atoms with E-state index >= 15 is 0 Å². The van der Waals surface area contributed by atoms with Crippen LogP contribution < -0.4 is 10.1 Å². The molecule has 146 valence electrons. The summed E-state index contributed by atoms with van der Waals surface area (Å²) >= 11 is 7.29. The van der Waals surface area contributed by atoms with Crippen LogP contribution in [0.15, 0.2) is 47.1 Å². The summed E-state index contributed by atoms with van der Waals surface area (Å²) in [7, 11) is 3.29. The number of hydrogen-bond acceptors (Lipinski definition) is 5. The van der Waals surface area contributed by atoms with Gasteiger partial charge in [0, 0.05) is 24.2 Å². The molecule has 28 heavy (non-hydrogen) atoms. The molecule has 3 rings (SSSR count). The summed E-state index contributed by atoms with van der Waals surface area (Å²) in [6, 6.07) is 10.3. The molecule has 0 atom stereocenters. The number of methoxy groups -OCH3 is 1. The van der Waals surface area contributed by atoms with Gasteiger partial charge in [0.25, 0.3) is 11.8 Å². The van der Waals surface area contributed by atoms with Crippen molar-refractivity contribution in [3.8, 4) is 5.75 Å². The summed E-state index contributed by atoms with van der Waals surface area (Å²) in [5.41, 5.74) is 1.60. The maximum atomic E-state index is 12.9. The minimum atomic E-state index is -0.359. The van der Waals surface area contributed by atoms with E-state index in [1.54, 1.807) is 55.5 Å². The van der Waals surface area contributed by atoms with Crippen LogP contribution in [0.5, 0.6) is 5.75 Å². The van der Waals surface area contributed by atoms with Crippen LogP contribution in [0.2, 0.25) is 5.02 Å². The zero-order valence-corrected chi connectivity index (χ0v) is 17.2. The maximum Gasteiger partial charge on any atom is 0.291 e. The van der Waals surface area contributed by atoms with Gasteiger partial charge in [0.1, 0.15) is 5.75 Å². The van der Waals surface area contributed by atoms with E-state index in [-0.39, 0.29) is 17.6 Å². The number of aryl methyl sites for hydroxylation is 1. The molecule has 0 fully saturated rings. The minimum absolute atomic E-state index is 0.150. The Labute approximate surface area is 171 Å². The molecule has 2 amide bonds. The molecule has 8 heteroatoms. The Morgan fingerprint density at radius 1 is 1.29 bits per heavy atom. The molecule has 3 aromatic rings. The quantitative estimate of drug-likeness (QED) is 0.622. The van der Waals surface area contributed by atoms with Crippen molar-refractivity contribution in [1.29, 1.82) is 0 Å². The third-order valence-electron chi connectivity index (χ3n) is 4.09. The maximum absolute atomic E-state index is 12.9. The van der Waals surface area contributed by atoms with Crippen LogP contribution >= 0.6 is 22.9 Å². The smallest absolute Gasteiger partial charge is 0.291 e. The molecule has 0 unspecified atom stereocenters. The molecule has 0 radical (unpaired) electrons. The van der Waals surface area contributed by atoms with E-state index in [9.17, 15) is 9.59 Å². The minimum Gasteiger partial charge on any atom is -0.496 e. The molecule has 0 aliphatic rings. The van der Waals surface area contributed by atoms with Gasteiger partial charge in [-0.2, -0.15) is 0 Å². The normalized spacial score (nSPS) is 10.6. The molecule has 0 saturated heterocycles. The number of benzene rings is 1. The van der Waals surface area contributed by atoms with Gasteiger partial charge >= 0.3 is 0 Å². The molecule has 6 nitrogen and oxygen atoms in total. The zero-order chi connectivity index (χ0) is 20.3. The van der Waals surface area contributed by atoms with E-state index in [0.717, 1.165) is 11.1 Å². The lowest BCUT2D eigenvalue weighted by Gasteiger charge is -2.19. The van der Waals surface area contributed by atoms with E-state index in [2.05, 4.69) is 5.32 Å². The number of rotatable bonds is 6. The predicted octanol–water partition coefficient (Wildman–Crippen LogP) is 4.84. The molecule has 2 heterocycles. The van der Waals surface area contributed by atoms with E-state index in [4.69, 9.17) is 20.8 Å². The number of nitrogens with zero attached hydrogens (tertiary/aromatic N) is 1. The number of nitrogens with one attached hydrogen (secondary N) is 1. The van der Waals surface area contributed by atoms with Gasteiger partial charge in [-0.05, 0) is 48.9 Å². The molecule has 1 N–H and O–H groups in total. The van der Waals surface area contributed by atoms with Crippen molar-refractivity contribution in [2.45, 2.75) is 13.5 Å². The Morgan fingerprint density at radius 2 is 2.07 bits per heavy atom. The molecule has 0 aliphatic carbocycles. The van der Waals surface area contributed by atoms with Gasteiger partial charge in [0.15, 0.2) is 5.76 Å². The number of ether oxygens (including phenoxy) is 1. The lowest BCUT2D eigenvalue weighted by Crippen LogP contribution is -2.26. The summed E-state index contributed by atoms with van der Waals surface area (Å²) < 4.78 is 10.4. The largest absolute Gasteiger partial charge is 0.496 e. The summed E-state index contributed by atoms with van der Waals surface area (Å²) in [5.74, 6) is 0.368. The van der Waals surface area contributed by atoms with Gasteiger partial charge in [-0.3, -0.25) is 9.59 Å². The van der Waals surface area contributed by atoms with Crippen LogP contribution in [0.4, 0.5) is 5.00 Å². The second kappa shape index (κ2) is 8.50. The number of thiophene rings is 1. The lowest BCUT2D eigenvalue weighted by molar-refractivity contribution is 0.0788. The van der Waals surface area contributed by atoms with Crippen LogP contribution in [-0.2, 0) is 6.54 Å². The van der Waals surface area contributed by atoms with Gasteiger partial charge < -0.3 is 19.4 Å². The Morgan fingerprint density at radius 3 is 2.75 bits per heavy atom. The average Bonchev–Trinajstić information content (AvgIpc) is 3.31. The lowest BCUT2D eigenvalue weighted by atomic mass is 10.2. The van der Waals surface area contributed by atoms with E-state index in [1.807, 2.05) is 6.92 Å². The summed E-state index contributed by atoms with van der Waals surface area (Å²) in [6.07, 6.45) is 1.43. The van der Waals surface area contributed by atoms with Gasteiger partial charge in [-0.25, -0.2) is 0 Å². The fourth-order valence-corrected chi connectivity index (χ4v) is 3.97. The molecular weight excluding hydrogens is 400 g/mol. The molecule has 1 aromatic carbocycles. The zero-order valence-electron chi connectivity index (χ0n) is 15.6. The number of halogens is 1. The first-order valence-electron chi connectivity index (χ1n) is 8.42. The van der Waals surface area contributed by atoms with Crippen LogP contribution in [0.1, 0.15) is 31.4 Å². The third kappa shape index (κ3) is 4.37. The number of hydrogen-bond donors (Lipinski definition) is 1.